The molecule has 2 heterocycles. The minimum absolute atomic E-state index is 0.161. The van der Waals surface area contributed by atoms with Crippen LogP contribution in [0, 0.1) is 12.5 Å². The van der Waals surface area contributed by atoms with Crippen LogP contribution in [0.15, 0.2) is 53.4 Å². The van der Waals surface area contributed by atoms with Gasteiger partial charge in [0.25, 0.3) is 0 Å². The van der Waals surface area contributed by atoms with Crippen molar-refractivity contribution in [1.29, 1.82) is 0 Å². The number of Topliss-reactive ketones (excluding diaryl/α,β-unsaturated/α-hetero) is 1. The minimum atomic E-state index is 0.161. The Morgan fingerprint density at radius 1 is 1.30 bits per heavy atom. The monoisotopic (exact) mass is 261 g/mol. The fourth-order valence-corrected chi connectivity index (χ4v) is 3.37. The molecule has 3 aliphatic rings. The second kappa shape index (κ2) is 3.83. The molecule has 1 aromatic carbocycles. The summed E-state index contributed by atoms with van der Waals surface area (Å²) in [4.78, 5) is 14.3. The van der Waals surface area contributed by atoms with Gasteiger partial charge in [-0.2, -0.15) is 5.57 Å². The van der Waals surface area contributed by atoms with Gasteiger partial charge in [0.15, 0.2) is 0 Å². The average molecular weight is 261 g/mol. The van der Waals surface area contributed by atoms with Crippen molar-refractivity contribution in [3.63, 3.8) is 0 Å². The number of fused-ring (bicyclic) bond motifs is 4. The number of allylic oxidation sites excluding steroid dienone is 4. The molecule has 100 valence electrons. The number of hydrogen-bond acceptors (Lipinski definition) is 2. The Morgan fingerprint density at radius 3 is 2.95 bits per heavy atom. The Labute approximate surface area is 119 Å². The van der Waals surface area contributed by atoms with Crippen molar-refractivity contribution in [3.05, 3.63) is 77.0 Å². The topological polar surface area (TPSA) is 20.3 Å². The number of benzene rings is 1. The fraction of sp³-hybridized carbons (Fsp3) is 0.167. The zero-order valence-corrected chi connectivity index (χ0v) is 11.6. The van der Waals surface area contributed by atoms with E-state index in [1.54, 1.807) is 0 Å². The van der Waals surface area contributed by atoms with Crippen molar-refractivity contribution in [1.82, 2.24) is 4.90 Å². The molecular weight excluding hydrogens is 246 g/mol. The van der Waals surface area contributed by atoms with E-state index in [0.29, 0.717) is 0 Å². The summed E-state index contributed by atoms with van der Waals surface area (Å²) in [5.74, 6) is 1.02. The Morgan fingerprint density at radius 2 is 2.10 bits per heavy atom. The molecule has 0 radical (unpaired) electrons. The van der Waals surface area contributed by atoms with Crippen molar-refractivity contribution in [2.75, 3.05) is 0 Å². The van der Waals surface area contributed by atoms with Crippen LogP contribution in [0.3, 0.4) is 0 Å². The van der Waals surface area contributed by atoms with E-state index in [1.807, 2.05) is 20.0 Å². The highest BCUT2D eigenvalue weighted by Crippen LogP contribution is 2.46. The molecule has 0 N–H and O–H groups in total. The molecule has 0 atom stereocenters. The van der Waals surface area contributed by atoms with Crippen LogP contribution in [0.25, 0.3) is 5.57 Å². The van der Waals surface area contributed by atoms with Gasteiger partial charge in [0.1, 0.15) is 0 Å². The van der Waals surface area contributed by atoms with Gasteiger partial charge in [-0.15, -0.1) is 12.1 Å². The van der Waals surface area contributed by atoms with Gasteiger partial charge in [-0.05, 0) is 0 Å². The Balaban J connectivity index is 1.91. The van der Waals surface area contributed by atoms with Gasteiger partial charge in [0.2, 0.25) is 0 Å². The predicted octanol–water partition coefficient (Wildman–Crippen LogP) is 3.44. The maximum atomic E-state index is 12.2. The standard InChI is InChI=1S/C18H15NO/c1-11-10-19-8-7-15-14-6-4-3-5-13(14)9-16(15)17(19)12(2)18(11)20/h3-8,10H,9H2,1-2H3/q-2. The van der Waals surface area contributed by atoms with Crippen LogP contribution in [-0.4, -0.2) is 10.7 Å². The quantitative estimate of drug-likeness (QED) is 0.667. The molecule has 2 nitrogen and oxygen atoms in total. The minimum Gasteiger partial charge on any atom is -0.435 e. The summed E-state index contributed by atoms with van der Waals surface area (Å²) in [7, 11) is 0. The molecule has 0 fully saturated rings. The molecule has 4 rings (SSSR count). The Bertz CT molecular complexity index is 721. The summed E-state index contributed by atoms with van der Waals surface area (Å²) in [5.41, 5.74) is 7.08. The van der Waals surface area contributed by atoms with E-state index >= 15 is 0 Å². The fourth-order valence-electron chi connectivity index (χ4n) is 3.37. The van der Waals surface area contributed by atoms with Crippen molar-refractivity contribution in [2.24, 2.45) is 0 Å². The molecule has 1 aromatic rings. The second-order valence-electron chi connectivity index (χ2n) is 5.56. The first-order valence-electron chi connectivity index (χ1n) is 6.89. The van der Waals surface area contributed by atoms with E-state index in [9.17, 15) is 4.79 Å². The maximum Gasteiger partial charge on any atom is 0.0815 e. The lowest BCUT2D eigenvalue weighted by Crippen LogP contribution is -2.31. The van der Waals surface area contributed by atoms with E-state index in [-0.39, 0.29) is 5.78 Å². The zero-order valence-electron chi connectivity index (χ0n) is 11.6. The van der Waals surface area contributed by atoms with Gasteiger partial charge >= 0.3 is 0 Å². The molecule has 0 aromatic heterocycles. The van der Waals surface area contributed by atoms with Crippen molar-refractivity contribution >= 4 is 11.4 Å². The van der Waals surface area contributed by atoms with Crippen LogP contribution in [-0.2, 0) is 11.2 Å². The first-order valence-corrected chi connectivity index (χ1v) is 6.89. The Kier molecular flexibility index (Phi) is 2.19. The molecule has 0 bridgehead atoms. The molecule has 0 unspecified atom stereocenters. The number of carbonyl (C=O) groups excluding carboxylic acids is 1. The number of nitrogens with zero attached hydrogens (tertiary/aromatic N) is 1. The summed E-state index contributed by atoms with van der Waals surface area (Å²) in [6, 6.07) is 8.50. The highest BCUT2D eigenvalue weighted by atomic mass is 16.1. The van der Waals surface area contributed by atoms with Crippen LogP contribution in [0.4, 0.5) is 0 Å². The van der Waals surface area contributed by atoms with Gasteiger partial charge in [0.05, 0.1) is 5.78 Å². The maximum absolute atomic E-state index is 12.2. The predicted molar refractivity (Wildman–Crippen MR) is 79.0 cm³/mol. The molecule has 20 heavy (non-hydrogen) atoms. The number of hydrogen-bond donors (Lipinski definition) is 0. The first-order chi connectivity index (χ1) is 9.66. The van der Waals surface area contributed by atoms with E-state index < -0.39 is 0 Å². The SMILES string of the molecule is CC1=CN2[CH-]C=C3C(=C2[C-](C)C1=O)Cc1ccccc13. The molecular formula is C18H15NO-2. The largest absolute Gasteiger partial charge is 0.435 e. The average Bonchev–Trinajstić information content (AvgIpc) is 2.83. The zero-order chi connectivity index (χ0) is 13.9. The highest BCUT2D eigenvalue weighted by Gasteiger charge is 2.24. The van der Waals surface area contributed by atoms with Gasteiger partial charge in [0, 0.05) is 0 Å². The van der Waals surface area contributed by atoms with Crippen molar-refractivity contribution < 1.29 is 4.79 Å². The number of rotatable bonds is 0. The summed E-state index contributed by atoms with van der Waals surface area (Å²) in [5, 5.41) is 0. The summed E-state index contributed by atoms with van der Waals surface area (Å²) >= 11 is 0. The third kappa shape index (κ3) is 1.36. The van der Waals surface area contributed by atoms with E-state index in [4.69, 9.17) is 0 Å². The Hall–Kier alpha value is -2.35. The van der Waals surface area contributed by atoms with E-state index in [0.717, 1.165) is 23.6 Å². The van der Waals surface area contributed by atoms with Crippen molar-refractivity contribution in [3.8, 4) is 0 Å². The molecule has 0 saturated heterocycles. The van der Waals surface area contributed by atoms with Crippen LogP contribution in [0.1, 0.15) is 25.0 Å². The molecule has 2 heteroatoms. The molecule has 2 aliphatic heterocycles. The van der Waals surface area contributed by atoms with E-state index in [1.165, 1.54) is 22.3 Å². The summed E-state index contributed by atoms with van der Waals surface area (Å²) in [6.45, 7) is 5.88. The number of ketones is 1. The third-order valence-electron chi connectivity index (χ3n) is 4.33. The molecule has 0 spiro atoms. The lowest BCUT2D eigenvalue weighted by molar-refractivity contribution is -0.114. The summed E-state index contributed by atoms with van der Waals surface area (Å²) < 4.78 is 0. The smallest absolute Gasteiger partial charge is 0.0815 e. The molecule has 0 saturated carbocycles. The van der Waals surface area contributed by atoms with Gasteiger partial charge < -0.3 is 9.69 Å². The van der Waals surface area contributed by atoms with Crippen LogP contribution in [0.2, 0.25) is 0 Å². The first kappa shape index (κ1) is 11.5. The lowest BCUT2D eigenvalue weighted by atomic mass is 9.86. The van der Waals surface area contributed by atoms with Crippen LogP contribution >= 0.6 is 0 Å². The molecule has 1 aliphatic carbocycles. The lowest BCUT2D eigenvalue weighted by Gasteiger charge is -2.48. The second-order valence-corrected chi connectivity index (χ2v) is 5.56. The number of carbonyl (C=O) groups is 1. The summed E-state index contributed by atoms with van der Waals surface area (Å²) in [6.07, 6.45) is 5.02. The highest BCUT2D eigenvalue weighted by molar-refractivity contribution is 6.09. The third-order valence-corrected chi connectivity index (χ3v) is 4.33. The van der Waals surface area contributed by atoms with Gasteiger partial charge in [-0.1, -0.05) is 73.5 Å². The molecule has 0 amide bonds. The van der Waals surface area contributed by atoms with Crippen LogP contribution in [0.5, 0.6) is 0 Å². The van der Waals surface area contributed by atoms with Gasteiger partial charge in [-0.25, -0.2) is 11.6 Å². The van der Waals surface area contributed by atoms with E-state index in [2.05, 4.69) is 41.8 Å². The van der Waals surface area contributed by atoms with Crippen molar-refractivity contribution in [2.45, 2.75) is 20.3 Å². The van der Waals surface area contributed by atoms with Crippen LogP contribution < -0.4 is 0 Å². The van der Waals surface area contributed by atoms with Gasteiger partial charge in [-0.3, -0.25) is 0 Å². The normalized spacial score (nSPS) is 20.0.